The summed E-state index contributed by atoms with van der Waals surface area (Å²) in [5.41, 5.74) is 4.74. The molecule has 0 saturated heterocycles. The zero-order chi connectivity index (χ0) is 17.1. The standard InChI is InChI=1S/C18H21N5O/c1-12-10-11-23(22-12)16-6-4-15(5-7-16)21-18(24)9-8-17-19-13(2)14(3)20-17/h4-7,10-11H,8-9H2,1-3H3,(H,19,20)(H,21,24). The van der Waals surface area contributed by atoms with Crippen molar-refractivity contribution in [2.24, 2.45) is 0 Å². The van der Waals surface area contributed by atoms with Crippen LogP contribution in [-0.2, 0) is 11.2 Å². The van der Waals surface area contributed by atoms with Crippen LogP contribution in [0.2, 0.25) is 0 Å². The second kappa shape index (κ2) is 6.70. The highest BCUT2D eigenvalue weighted by Gasteiger charge is 2.07. The minimum absolute atomic E-state index is 0.0237. The summed E-state index contributed by atoms with van der Waals surface area (Å²) in [4.78, 5) is 19.6. The summed E-state index contributed by atoms with van der Waals surface area (Å²) in [5.74, 6) is 0.828. The third-order valence-corrected chi connectivity index (χ3v) is 3.90. The molecule has 0 aliphatic carbocycles. The van der Waals surface area contributed by atoms with E-state index in [4.69, 9.17) is 0 Å². The minimum Gasteiger partial charge on any atom is -0.346 e. The van der Waals surface area contributed by atoms with Crippen LogP contribution in [0.4, 0.5) is 5.69 Å². The molecule has 0 aliphatic rings. The van der Waals surface area contributed by atoms with E-state index in [1.165, 1.54) is 0 Å². The number of aromatic amines is 1. The molecular weight excluding hydrogens is 302 g/mol. The van der Waals surface area contributed by atoms with E-state index in [1.807, 2.05) is 62.0 Å². The summed E-state index contributed by atoms with van der Waals surface area (Å²) in [6.07, 6.45) is 2.91. The number of hydrogen-bond donors (Lipinski definition) is 2. The first-order chi connectivity index (χ1) is 11.5. The van der Waals surface area contributed by atoms with Crippen LogP contribution >= 0.6 is 0 Å². The van der Waals surface area contributed by atoms with E-state index in [0.29, 0.717) is 12.8 Å². The SMILES string of the molecule is Cc1ccn(-c2ccc(NC(=O)CCc3nc(C)c(C)[nH]3)cc2)n1. The number of nitrogens with one attached hydrogen (secondary N) is 2. The lowest BCUT2D eigenvalue weighted by atomic mass is 10.2. The molecule has 2 aromatic heterocycles. The number of anilines is 1. The van der Waals surface area contributed by atoms with Gasteiger partial charge in [0.1, 0.15) is 5.82 Å². The molecular formula is C18H21N5O. The second-order valence-corrected chi connectivity index (χ2v) is 5.89. The van der Waals surface area contributed by atoms with Crippen LogP contribution in [0.25, 0.3) is 5.69 Å². The van der Waals surface area contributed by atoms with Gasteiger partial charge >= 0.3 is 0 Å². The number of aryl methyl sites for hydroxylation is 4. The third kappa shape index (κ3) is 3.71. The van der Waals surface area contributed by atoms with Crippen molar-refractivity contribution in [1.82, 2.24) is 19.7 Å². The molecule has 0 fully saturated rings. The molecule has 2 heterocycles. The number of H-pyrrole nitrogens is 1. The Balaban J connectivity index is 1.56. The first kappa shape index (κ1) is 16.0. The lowest BCUT2D eigenvalue weighted by Gasteiger charge is -2.06. The van der Waals surface area contributed by atoms with Crippen LogP contribution in [0.1, 0.15) is 29.3 Å². The summed E-state index contributed by atoms with van der Waals surface area (Å²) < 4.78 is 1.81. The van der Waals surface area contributed by atoms with E-state index in [2.05, 4.69) is 20.4 Å². The fourth-order valence-electron chi connectivity index (χ4n) is 2.45. The average molecular weight is 323 g/mol. The Bertz CT molecular complexity index is 825. The molecule has 0 aliphatic heterocycles. The smallest absolute Gasteiger partial charge is 0.224 e. The van der Waals surface area contributed by atoms with E-state index in [1.54, 1.807) is 0 Å². The Kier molecular flexibility index (Phi) is 4.46. The van der Waals surface area contributed by atoms with Gasteiger partial charge in [0.2, 0.25) is 5.91 Å². The zero-order valence-electron chi connectivity index (χ0n) is 14.1. The van der Waals surface area contributed by atoms with Crippen molar-refractivity contribution < 1.29 is 4.79 Å². The highest BCUT2D eigenvalue weighted by molar-refractivity contribution is 5.90. The molecule has 24 heavy (non-hydrogen) atoms. The Morgan fingerprint density at radius 3 is 2.50 bits per heavy atom. The molecule has 3 aromatic rings. The first-order valence-electron chi connectivity index (χ1n) is 7.96. The molecule has 0 radical (unpaired) electrons. The predicted molar refractivity (Wildman–Crippen MR) is 93.3 cm³/mol. The van der Waals surface area contributed by atoms with Gasteiger partial charge in [-0.2, -0.15) is 5.10 Å². The van der Waals surface area contributed by atoms with Crippen LogP contribution in [0.5, 0.6) is 0 Å². The van der Waals surface area contributed by atoms with Crippen molar-refractivity contribution in [2.45, 2.75) is 33.6 Å². The number of carbonyl (C=O) groups excluding carboxylic acids is 1. The van der Waals surface area contributed by atoms with Crippen molar-refractivity contribution in [3.05, 3.63) is 59.4 Å². The maximum atomic E-state index is 12.1. The number of imidazole rings is 1. The number of amides is 1. The fraction of sp³-hybridized carbons (Fsp3) is 0.278. The van der Waals surface area contributed by atoms with Crippen LogP contribution in [-0.4, -0.2) is 25.7 Å². The fourth-order valence-corrected chi connectivity index (χ4v) is 2.45. The van der Waals surface area contributed by atoms with Gasteiger partial charge in [-0.05, 0) is 51.1 Å². The molecule has 6 nitrogen and oxygen atoms in total. The number of rotatable bonds is 5. The maximum absolute atomic E-state index is 12.1. The van der Waals surface area contributed by atoms with Crippen molar-refractivity contribution in [3.63, 3.8) is 0 Å². The van der Waals surface area contributed by atoms with Gasteiger partial charge in [-0.1, -0.05) is 0 Å². The lowest BCUT2D eigenvalue weighted by molar-refractivity contribution is -0.116. The molecule has 0 bridgehead atoms. The summed E-state index contributed by atoms with van der Waals surface area (Å²) in [6.45, 7) is 5.89. The van der Waals surface area contributed by atoms with Crippen molar-refractivity contribution >= 4 is 11.6 Å². The van der Waals surface area contributed by atoms with Crippen LogP contribution < -0.4 is 5.32 Å². The van der Waals surface area contributed by atoms with Gasteiger partial charge in [-0.3, -0.25) is 4.79 Å². The van der Waals surface area contributed by atoms with Crippen LogP contribution in [0, 0.1) is 20.8 Å². The van der Waals surface area contributed by atoms with Crippen molar-refractivity contribution in [2.75, 3.05) is 5.32 Å². The summed E-state index contributed by atoms with van der Waals surface area (Å²) in [7, 11) is 0. The van der Waals surface area contributed by atoms with Crippen LogP contribution in [0.3, 0.4) is 0 Å². The van der Waals surface area contributed by atoms with E-state index in [-0.39, 0.29) is 5.91 Å². The Hall–Kier alpha value is -2.89. The average Bonchev–Trinajstić information content (AvgIpc) is 3.12. The van der Waals surface area contributed by atoms with Gasteiger partial charge in [0.25, 0.3) is 0 Å². The van der Waals surface area contributed by atoms with Crippen molar-refractivity contribution in [3.8, 4) is 5.69 Å². The number of aromatic nitrogens is 4. The summed E-state index contributed by atoms with van der Waals surface area (Å²) >= 11 is 0. The lowest BCUT2D eigenvalue weighted by Crippen LogP contribution is -2.12. The van der Waals surface area contributed by atoms with Gasteiger partial charge < -0.3 is 10.3 Å². The highest BCUT2D eigenvalue weighted by atomic mass is 16.1. The predicted octanol–water partition coefficient (Wildman–Crippen LogP) is 3.09. The molecule has 0 saturated carbocycles. The summed E-state index contributed by atoms with van der Waals surface area (Å²) in [6, 6.07) is 9.58. The van der Waals surface area contributed by atoms with Gasteiger partial charge in [-0.15, -0.1) is 0 Å². The van der Waals surface area contributed by atoms with Gasteiger partial charge in [0, 0.05) is 30.4 Å². The molecule has 2 N–H and O–H groups in total. The topological polar surface area (TPSA) is 75.6 Å². The Morgan fingerprint density at radius 1 is 1.17 bits per heavy atom. The number of carbonyl (C=O) groups is 1. The van der Waals surface area contributed by atoms with Crippen molar-refractivity contribution in [1.29, 1.82) is 0 Å². The first-order valence-corrected chi connectivity index (χ1v) is 7.96. The molecule has 124 valence electrons. The highest BCUT2D eigenvalue weighted by Crippen LogP contribution is 2.14. The van der Waals surface area contributed by atoms with E-state index in [0.717, 1.165) is 34.3 Å². The quantitative estimate of drug-likeness (QED) is 0.757. The van der Waals surface area contributed by atoms with E-state index >= 15 is 0 Å². The molecule has 3 rings (SSSR count). The Morgan fingerprint density at radius 2 is 1.92 bits per heavy atom. The Labute approximate surface area is 140 Å². The number of benzene rings is 1. The molecule has 1 aromatic carbocycles. The largest absolute Gasteiger partial charge is 0.346 e. The van der Waals surface area contributed by atoms with E-state index < -0.39 is 0 Å². The minimum atomic E-state index is -0.0237. The van der Waals surface area contributed by atoms with Crippen LogP contribution in [0.15, 0.2) is 36.5 Å². The molecule has 0 unspecified atom stereocenters. The van der Waals surface area contributed by atoms with Gasteiger partial charge in [0.15, 0.2) is 0 Å². The zero-order valence-corrected chi connectivity index (χ0v) is 14.1. The molecule has 6 heteroatoms. The maximum Gasteiger partial charge on any atom is 0.224 e. The van der Waals surface area contributed by atoms with E-state index in [9.17, 15) is 4.79 Å². The monoisotopic (exact) mass is 323 g/mol. The second-order valence-electron chi connectivity index (χ2n) is 5.89. The molecule has 0 spiro atoms. The molecule has 0 atom stereocenters. The number of nitrogens with zero attached hydrogens (tertiary/aromatic N) is 3. The summed E-state index contributed by atoms with van der Waals surface area (Å²) in [5, 5.41) is 7.27. The van der Waals surface area contributed by atoms with Gasteiger partial charge in [0.05, 0.1) is 17.1 Å². The third-order valence-electron chi connectivity index (χ3n) is 3.90. The normalized spacial score (nSPS) is 10.8. The van der Waals surface area contributed by atoms with Gasteiger partial charge in [-0.25, -0.2) is 9.67 Å². The molecule has 1 amide bonds. The number of hydrogen-bond acceptors (Lipinski definition) is 3.